The van der Waals surface area contributed by atoms with E-state index < -0.39 is 70.9 Å². The molecule has 2 fully saturated rings. The number of halogens is 9. The van der Waals surface area contributed by atoms with Crippen molar-refractivity contribution in [1.29, 1.82) is 5.26 Å². The number of carbonyl (C=O) groups excluding carboxylic acids is 2. The number of rotatable bonds is 7. The summed E-state index contributed by atoms with van der Waals surface area (Å²) in [5, 5.41) is 18.5. The Hall–Kier alpha value is -3.39. The highest BCUT2D eigenvalue weighted by molar-refractivity contribution is 8.45. The summed E-state index contributed by atoms with van der Waals surface area (Å²) in [4.78, 5) is 25.6. The number of hydrogen-bond donors (Lipinski definition) is 2. The first-order valence-electron chi connectivity index (χ1n) is 12.8. The first-order valence-corrected chi connectivity index (χ1v) is 14.8. The number of nitrogens with zero attached hydrogens (tertiary/aromatic N) is 3. The van der Waals surface area contributed by atoms with Crippen molar-refractivity contribution in [3.63, 3.8) is 0 Å². The predicted molar refractivity (Wildman–Crippen MR) is 144 cm³/mol. The van der Waals surface area contributed by atoms with Crippen LogP contribution >= 0.6 is 10.2 Å². The normalized spacial score (nSPS) is 20.0. The lowest BCUT2D eigenvalue weighted by Gasteiger charge is -2.40. The molecule has 1 atom stereocenters. The van der Waals surface area contributed by atoms with E-state index in [1.165, 1.54) is 4.90 Å². The first kappa shape index (κ1) is 37.6. The number of anilines is 1. The van der Waals surface area contributed by atoms with Crippen LogP contribution in [0.25, 0.3) is 0 Å². The number of allylic oxidation sites excluding steroid dienone is 3. The minimum atomic E-state index is -9.94. The predicted octanol–water partition coefficient (Wildman–Crippen LogP) is 7.27. The van der Waals surface area contributed by atoms with E-state index in [9.17, 15) is 51.8 Å². The van der Waals surface area contributed by atoms with Crippen molar-refractivity contribution in [2.24, 2.45) is 0 Å². The average molecular weight is 653 g/mol. The number of benzene rings is 1. The third kappa shape index (κ3) is 13.2. The minimum Gasteiger partial charge on any atom is -0.352 e. The lowest BCUT2D eigenvalue weighted by Crippen LogP contribution is -2.50. The lowest BCUT2D eigenvalue weighted by atomic mass is 9.92. The molecular weight excluding hydrogens is 619 g/mol. The monoisotopic (exact) mass is 652 g/mol. The van der Waals surface area contributed by atoms with Crippen molar-refractivity contribution in [2.45, 2.75) is 75.0 Å². The van der Waals surface area contributed by atoms with E-state index >= 15 is 0 Å². The van der Waals surface area contributed by atoms with E-state index in [0.29, 0.717) is 18.6 Å². The molecular formula is C26H33F9N4O3S. The molecule has 0 spiro atoms. The molecule has 43 heavy (non-hydrogen) atoms. The van der Waals surface area contributed by atoms with Crippen molar-refractivity contribution in [3.8, 4) is 6.19 Å². The second-order valence-electron chi connectivity index (χ2n) is 9.58. The molecule has 0 radical (unpaired) electrons. The molecule has 7 nitrogen and oxygen atoms in total. The lowest BCUT2D eigenvalue weighted by molar-refractivity contribution is -0.126. The fraction of sp³-hybridized carbons (Fsp3) is 0.500. The maximum Gasteiger partial charge on any atom is 0.342 e. The Morgan fingerprint density at radius 1 is 1.16 bits per heavy atom. The zero-order chi connectivity index (χ0) is 33.1. The van der Waals surface area contributed by atoms with Crippen LogP contribution in [0.1, 0.15) is 45.4 Å². The van der Waals surface area contributed by atoms with Gasteiger partial charge in [-0.3, -0.25) is 14.5 Å². The van der Waals surface area contributed by atoms with E-state index in [1.807, 2.05) is 25.3 Å². The second kappa shape index (κ2) is 14.4. The van der Waals surface area contributed by atoms with Crippen molar-refractivity contribution >= 4 is 27.7 Å². The van der Waals surface area contributed by atoms with Gasteiger partial charge in [0.15, 0.2) is 6.19 Å². The molecule has 2 amide bonds. The molecule has 0 bridgehead atoms. The van der Waals surface area contributed by atoms with Gasteiger partial charge in [-0.05, 0) is 56.9 Å². The number of aliphatic hydroxyl groups is 1. The Bertz CT molecular complexity index is 1160. The van der Waals surface area contributed by atoms with Crippen LogP contribution in [-0.2, 0) is 9.59 Å². The molecule has 2 aliphatic rings. The number of nitrogens with one attached hydrogen (secondary N) is 1. The molecule has 1 unspecified atom stereocenters. The van der Waals surface area contributed by atoms with Crippen LogP contribution in [0.15, 0.2) is 54.0 Å². The van der Waals surface area contributed by atoms with Crippen LogP contribution in [0.2, 0.25) is 0 Å². The van der Waals surface area contributed by atoms with Crippen LogP contribution in [0.3, 0.4) is 0 Å². The molecule has 1 heterocycles. The number of amides is 2. The molecule has 1 aromatic rings. The van der Waals surface area contributed by atoms with Gasteiger partial charge in [-0.2, -0.15) is 14.0 Å². The largest absolute Gasteiger partial charge is 0.352 e. The number of likely N-dealkylation sites (tertiary alicyclic amines) is 1. The third-order valence-electron chi connectivity index (χ3n) is 6.24. The van der Waals surface area contributed by atoms with Crippen molar-refractivity contribution in [2.75, 3.05) is 18.0 Å². The van der Waals surface area contributed by atoms with Gasteiger partial charge in [0.1, 0.15) is 17.5 Å². The van der Waals surface area contributed by atoms with Gasteiger partial charge in [0.25, 0.3) is 5.91 Å². The Kier molecular flexibility index (Phi) is 12.6. The van der Waals surface area contributed by atoms with E-state index in [4.69, 9.17) is 5.11 Å². The Morgan fingerprint density at radius 3 is 2.12 bits per heavy atom. The van der Waals surface area contributed by atoms with Crippen LogP contribution in [0, 0.1) is 11.5 Å². The van der Waals surface area contributed by atoms with Crippen LogP contribution in [0.5, 0.6) is 0 Å². The summed E-state index contributed by atoms with van der Waals surface area (Å²) < 4.78 is 112. The van der Waals surface area contributed by atoms with Gasteiger partial charge >= 0.3 is 16.8 Å². The molecule has 0 aromatic heterocycles. The topological polar surface area (TPSA) is 96.7 Å². The Balaban J connectivity index is 0.000000899. The van der Waals surface area contributed by atoms with Crippen molar-refractivity contribution in [1.82, 2.24) is 10.2 Å². The number of nitriles is 1. The zero-order valence-electron chi connectivity index (χ0n) is 23.1. The summed E-state index contributed by atoms with van der Waals surface area (Å²) in [6.07, 6.45) is 7.34. The molecule has 244 valence electrons. The second-order valence-corrected chi connectivity index (χ2v) is 12.0. The summed E-state index contributed by atoms with van der Waals surface area (Å²) in [5.41, 5.74) is -0.245. The summed E-state index contributed by atoms with van der Waals surface area (Å²) in [6.45, 7) is 1.84. The maximum absolute atomic E-state index is 13.3. The van der Waals surface area contributed by atoms with Crippen LogP contribution < -0.4 is 10.2 Å². The Morgan fingerprint density at radius 2 is 1.70 bits per heavy atom. The van der Waals surface area contributed by atoms with Gasteiger partial charge in [0, 0.05) is 31.1 Å². The molecule has 1 aromatic carbocycles. The number of carbonyl (C=O) groups is 2. The summed E-state index contributed by atoms with van der Waals surface area (Å²) in [7, 11) is -9.94. The third-order valence-corrected chi connectivity index (χ3v) is 7.40. The first-order chi connectivity index (χ1) is 19.6. The van der Waals surface area contributed by atoms with Gasteiger partial charge < -0.3 is 15.3 Å². The molecule has 1 saturated carbocycles. The van der Waals surface area contributed by atoms with E-state index in [2.05, 4.69) is 11.9 Å². The molecule has 2 N–H and O–H groups in total. The van der Waals surface area contributed by atoms with E-state index in [-0.39, 0.29) is 43.6 Å². The molecule has 1 aliphatic carbocycles. The summed E-state index contributed by atoms with van der Waals surface area (Å²) >= 11 is 0. The summed E-state index contributed by atoms with van der Waals surface area (Å²) in [5.74, 6) is -4.33. The summed E-state index contributed by atoms with van der Waals surface area (Å²) in [6, 6.07) is 0.0450. The number of aliphatic hydroxyl groups excluding tert-OH is 1. The SMILES string of the molecule is C=C/C=C\C.N#CN1CCCC1C(=O)N(CC(=O)NC1CCC(F)(F)CC1)c1ccc(S(F)(F)(F)(F)F)cc1.OC(F)F. The smallest absolute Gasteiger partial charge is 0.342 e. The van der Waals surface area contributed by atoms with E-state index in [0.717, 1.165) is 4.90 Å². The maximum atomic E-state index is 13.3. The highest BCUT2D eigenvalue weighted by atomic mass is 32.5. The highest BCUT2D eigenvalue weighted by Crippen LogP contribution is 3.02. The molecule has 1 aliphatic heterocycles. The minimum absolute atomic E-state index is 0.0100. The quantitative estimate of drug-likeness (QED) is 0.184. The Labute approximate surface area is 243 Å². The molecule has 17 heteroatoms. The van der Waals surface area contributed by atoms with Crippen molar-refractivity contribution < 1.29 is 51.7 Å². The number of hydrogen-bond acceptors (Lipinski definition) is 5. The van der Waals surface area contributed by atoms with Gasteiger partial charge in [-0.1, -0.05) is 44.2 Å². The van der Waals surface area contributed by atoms with Crippen LogP contribution in [0.4, 0.5) is 42.7 Å². The average Bonchev–Trinajstić information content (AvgIpc) is 3.37. The molecule has 3 rings (SSSR count). The fourth-order valence-electron chi connectivity index (χ4n) is 4.24. The van der Waals surface area contributed by atoms with Gasteiger partial charge in [-0.25, -0.2) is 8.78 Å². The molecule has 1 saturated heterocycles. The standard InChI is InChI=1S/C20H23F7N4O2S.C5H8.CH2F2O/c21-20(22)9-7-14(8-10-20)29-18(32)12-31(19(33)17-2-1-11-30(17)13-28)15-3-5-16(6-4-15)34(23,24,25,26)27;1-3-5-4-2;2-1(3)4/h3-6,14,17H,1-2,7-12H2,(H,29,32);3-5H,1H2,2H3;1,4H/b;5-4-;. The van der Waals surface area contributed by atoms with Gasteiger partial charge in [-0.15, -0.1) is 0 Å². The van der Waals surface area contributed by atoms with Crippen LogP contribution in [-0.4, -0.2) is 59.5 Å². The van der Waals surface area contributed by atoms with Gasteiger partial charge in [0.05, 0.1) is 0 Å². The van der Waals surface area contributed by atoms with E-state index in [1.54, 1.807) is 6.08 Å². The zero-order valence-corrected chi connectivity index (χ0v) is 23.9. The highest BCUT2D eigenvalue weighted by Gasteiger charge is 2.65. The fourth-order valence-corrected chi connectivity index (χ4v) is 4.89. The van der Waals surface area contributed by atoms with Crippen molar-refractivity contribution in [3.05, 3.63) is 49.1 Å². The van der Waals surface area contributed by atoms with Gasteiger partial charge in [0.2, 0.25) is 11.8 Å². The number of alkyl halides is 4.